The third-order valence-corrected chi connectivity index (χ3v) is 1.40. The lowest BCUT2D eigenvalue weighted by Gasteiger charge is -2.15. The van der Waals surface area contributed by atoms with Gasteiger partial charge in [0.1, 0.15) is 0 Å². The molecule has 2 N–H and O–H groups in total. The molecule has 0 unspecified atom stereocenters. The van der Waals surface area contributed by atoms with Gasteiger partial charge in [0, 0.05) is 6.42 Å². The molecular formula is C7H8O4. The summed E-state index contributed by atoms with van der Waals surface area (Å²) >= 11 is 0. The quantitative estimate of drug-likeness (QED) is 0.451. The third kappa shape index (κ3) is 1.71. The zero-order valence-electron chi connectivity index (χ0n) is 6.00. The minimum absolute atomic E-state index is 0.308. The highest BCUT2D eigenvalue weighted by molar-refractivity contribution is 5.97. The van der Waals surface area contributed by atoms with E-state index in [0.29, 0.717) is 0 Å². The third-order valence-electron chi connectivity index (χ3n) is 1.40. The van der Waals surface area contributed by atoms with Crippen molar-refractivity contribution in [2.24, 2.45) is 5.41 Å². The molecule has 0 aromatic carbocycles. The monoisotopic (exact) mass is 156 g/mol. The van der Waals surface area contributed by atoms with E-state index in [4.69, 9.17) is 16.6 Å². The number of hydrogen-bond acceptors (Lipinski definition) is 2. The number of carboxylic acids is 2. The van der Waals surface area contributed by atoms with E-state index in [1.807, 2.05) is 5.92 Å². The summed E-state index contributed by atoms with van der Waals surface area (Å²) in [6, 6.07) is 0. The standard InChI is InChI=1S/C7H8O4/c1-3-4-7(2,5(8)9)6(10)11/h1H,4H2,2H3,(H,8,9)(H,10,11). The molecule has 0 radical (unpaired) electrons. The number of carbonyl (C=O) groups is 2. The Bertz CT molecular complexity index is 209. The van der Waals surface area contributed by atoms with Crippen LogP contribution in [0.3, 0.4) is 0 Å². The Labute approximate surface area is 63.8 Å². The maximum atomic E-state index is 10.4. The van der Waals surface area contributed by atoms with E-state index in [0.717, 1.165) is 6.92 Å². The Morgan fingerprint density at radius 3 is 1.91 bits per heavy atom. The number of rotatable bonds is 3. The van der Waals surface area contributed by atoms with Gasteiger partial charge >= 0.3 is 11.9 Å². The van der Waals surface area contributed by atoms with Crippen molar-refractivity contribution in [1.29, 1.82) is 0 Å². The van der Waals surface area contributed by atoms with E-state index in [-0.39, 0.29) is 6.42 Å². The van der Waals surface area contributed by atoms with Gasteiger partial charge in [-0.15, -0.1) is 12.3 Å². The van der Waals surface area contributed by atoms with Gasteiger partial charge in [-0.1, -0.05) is 0 Å². The fourth-order valence-electron chi connectivity index (χ4n) is 0.447. The summed E-state index contributed by atoms with van der Waals surface area (Å²) in [7, 11) is 0. The molecule has 0 atom stereocenters. The first-order chi connectivity index (χ1) is 4.95. The summed E-state index contributed by atoms with van der Waals surface area (Å²) < 4.78 is 0. The highest BCUT2D eigenvalue weighted by atomic mass is 16.4. The molecule has 0 saturated carbocycles. The lowest BCUT2D eigenvalue weighted by atomic mass is 9.88. The highest BCUT2D eigenvalue weighted by Gasteiger charge is 2.40. The molecule has 0 heterocycles. The van der Waals surface area contributed by atoms with Crippen molar-refractivity contribution in [2.45, 2.75) is 13.3 Å². The summed E-state index contributed by atoms with van der Waals surface area (Å²) in [4.78, 5) is 20.8. The Kier molecular flexibility index (Phi) is 2.64. The first-order valence-electron chi connectivity index (χ1n) is 2.85. The van der Waals surface area contributed by atoms with Crippen molar-refractivity contribution in [3.63, 3.8) is 0 Å². The van der Waals surface area contributed by atoms with Gasteiger partial charge in [0.2, 0.25) is 0 Å². The van der Waals surface area contributed by atoms with Gasteiger partial charge in [0.25, 0.3) is 0 Å². The molecule has 0 aromatic rings. The Morgan fingerprint density at radius 2 is 1.82 bits per heavy atom. The number of terminal acetylenes is 1. The highest BCUT2D eigenvalue weighted by Crippen LogP contribution is 2.20. The van der Waals surface area contributed by atoms with Crippen LogP contribution < -0.4 is 0 Å². The normalized spacial score (nSPS) is 10.2. The van der Waals surface area contributed by atoms with Gasteiger partial charge in [-0.2, -0.15) is 0 Å². The second kappa shape index (κ2) is 3.06. The second-order valence-electron chi connectivity index (χ2n) is 2.32. The predicted octanol–water partition coefficient (Wildman–Crippen LogP) is 0.185. The maximum Gasteiger partial charge on any atom is 0.321 e. The topological polar surface area (TPSA) is 74.6 Å². The summed E-state index contributed by atoms with van der Waals surface area (Å²) in [5, 5.41) is 16.9. The number of hydrogen-bond donors (Lipinski definition) is 2. The molecule has 0 bridgehead atoms. The molecule has 11 heavy (non-hydrogen) atoms. The largest absolute Gasteiger partial charge is 0.480 e. The molecule has 60 valence electrons. The van der Waals surface area contributed by atoms with E-state index in [2.05, 4.69) is 0 Å². The number of aliphatic carboxylic acids is 2. The average Bonchev–Trinajstić information content (AvgIpc) is 1.87. The van der Waals surface area contributed by atoms with Crippen LogP contribution in [0.25, 0.3) is 0 Å². The maximum absolute atomic E-state index is 10.4. The van der Waals surface area contributed by atoms with Gasteiger partial charge in [-0.25, -0.2) is 0 Å². The Morgan fingerprint density at radius 1 is 1.45 bits per heavy atom. The molecule has 0 amide bonds. The minimum Gasteiger partial charge on any atom is -0.480 e. The van der Waals surface area contributed by atoms with Crippen LogP contribution in [0.2, 0.25) is 0 Å². The SMILES string of the molecule is C#CCC(C)(C(=O)O)C(=O)O. The van der Waals surface area contributed by atoms with Crippen molar-refractivity contribution in [3.05, 3.63) is 0 Å². The molecule has 4 heteroatoms. The van der Waals surface area contributed by atoms with Crippen LogP contribution in [0, 0.1) is 17.8 Å². The van der Waals surface area contributed by atoms with E-state index in [1.54, 1.807) is 0 Å². The zero-order valence-corrected chi connectivity index (χ0v) is 6.00. The van der Waals surface area contributed by atoms with Crippen molar-refractivity contribution in [3.8, 4) is 12.3 Å². The van der Waals surface area contributed by atoms with Crippen molar-refractivity contribution < 1.29 is 19.8 Å². The average molecular weight is 156 g/mol. The van der Waals surface area contributed by atoms with Gasteiger partial charge in [0.15, 0.2) is 5.41 Å². The van der Waals surface area contributed by atoms with E-state index in [9.17, 15) is 9.59 Å². The summed E-state index contributed by atoms with van der Waals surface area (Å²) in [5.41, 5.74) is -1.85. The van der Waals surface area contributed by atoms with Crippen LogP contribution in [0.1, 0.15) is 13.3 Å². The Balaban J connectivity index is 4.70. The first-order valence-corrected chi connectivity index (χ1v) is 2.85. The molecule has 0 fully saturated rings. The molecule has 0 aliphatic heterocycles. The first kappa shape index (κ1) is 9.50. The molecule has 0 rings (SSSR count). The molecule has 0 spiro atoms. The zero-order chi connectivity index (χ0) is 9.07. The molecular weight excluding hydrogens is 148 g/mol. The summed E-state index contributed by atoms with van der Waals surface area (Å²) in [6.45, 7) is 1.08. The van der Waals surface area contributed by atoms with Crippen LogP contribution in [-0.2, 0) is 9.59 Å². The smallest absolute Gasteiger partial charge is 0.321 e. The van der Waals surface area contributed by atoms with Gasteiger partial charge in [-0.3, -0.25) is 9.59 Å². The molecule has 0 saturated heterocycles. The molecule has 0 aromatic heterocycles. The minimum atomic E-state index is -1.85. The predicted molar refractivity (Wildman–Crippen MR) is 36.8 cm³/mol. The number of carboxylic acid groups (broad SMARTS) is 2. The molecule has 4 nitrogen and oxygen atoms in total. The van der Waals surface area contributed by atoms with Crippen LogP contribution in [-0.4, -0.2) is 22.2 Å². The van der Waals surface area contributed by atoms with E-state index in [1.165, 1.54) is 0 Å². The van der Waals surface area contributed by atoms with E-state index < -0.39 is 17.4 Å². The lowest BCUT2D eigenvalue weighted by molar-refractivity contribution is -0.162. The van der Waals surface area contributed by atoms with Crippen molar-refractivity contribution >= 4 is 11.9 Å². The second-order valence-corrected chi connectivity index (χ2v) is 2.32. The molecule has 0 aliphatic rings. The fourth-order valence-corrected chi connectivity index (χ4v) is 0.447. The van der Waals surface area contributed by atoms with Crippen LogP contribution in [0.15, 0.2) is 0 Å². The molecule has 0 aliphatic carbocycles. The fraction of sp³-hybridized carbons (Fsp3) is 0.429. The van der Waals surface area contributed by atoms with Crippen molar-refractivity contribution in [2.75, 3.05) is 0 Å². The van der Waals surface area contributed by atoms with Crippen LogP contribution in [0.5, 0.6) is 0 Å². The lowest BCUT2D eigenvalue weighted by Crippen LogP contribution is -2.35. The Hall–Kier alpha value is -1.50. The van der Waals surface area contributed by atoms with Gasteiger partial charge in [-0.05, 0) is 6.92 Å². The summed E-state index contributed by atoms with van der Waals surface area (Å²) in [6.07, 6.45) is 4.51. The van der Waals surface area contributed by atoms with E-state index >= 15 is 0 Å². The summed E-state index contributed by atoms with van der Waals surface area (Å²) in [5.74, 6) is -0.819. The van der Waals surface area contributed by atoms with Crippen molar-refractivity contribution in [1.82, 2.24) is 0 Å². The van der Waals surface area contributed by atoms with Gasteiger partial charge in [0.05, 0.1) is 0 Å². The van der Waals surface area contributed by atoms with Crippen LogP contribution in [0.4, 0.5) is 0 Å². The van der Waals surface area contributed by atoms with Crippen LogP contribution >= 0.6 is 0 Å². The van der Waals surface area contributed by atoms with Gasteiger partial charge < -0.3 is 10.2 Å².